The van der Waals surface area contributed by atoms with Gasteiger partial charge in [-0.25, -0.2) is 0 Å². The number of benzene rings is 1. The van der Waals surface area contributed by atoms with Crippen LogP contribution in [0.5, 0.6) is 0 Å². The number of carbonyl (C=O) groups is 1. The highest BCUT2D eigenvalue weighted by atomic mass is 32.2. The van der Waals surface area contributed by atoms with E-state index in [2.05, 4.69) is 5.32 Å². The van der Waals surface area contributed by atoms with Crippen molar-refractivity contribution in [2.75, 3.05) is 23.4 Å². The van der Waals surface area contributed by atoms with Crippen molar-refractivity contribution in [2.45, 2.75) is 6.92 Å². The van der Waals surface area contributed by atoms with Crippen molar-refractivity contribution in [1.82, 2.24) is 0 Å². The van der Waals surface area contributed by atoms with Gasteiger partial charge in [0.25, 0.3) is 5.69 Å². The lowest BCUT2D eigenvalue weighted by Crippen LogP contribution is -2.16. The molecule has 3 N–H and O–H groups in total. The largest absolute Gasteiger partial charge is 0.330 e. The number of anilines is 1. The first-order chi connectivity index (χ1) is 8.54. The van der Waals surface area contributed by atoms with Crippen LogP contribution in [0.4, 0.5) is 11.4 Å². The monoisotopic (exact) mass is 269 g/mol. The number of hydrogen-bond acceptors (Lipinski definition) is 5. The molecule has 0 bridgehead atoms. The van der Waals surface area contributed by atoms with E-state index in [0.717, 1.165) is 5.75 Å². The molecule has 1 amide bonds. The van der Waals surface area contributed by atoms with Gasteiger partial charge in [-0.05, 0) is 18.6 Å². The molecule has 0 radical (unpaired) electrons. The average Bonchev–Trinajstić information content (AvgIpc) is 2.32. The number of nitro groups is 1. The van der Waals surface area contributed by atoms with Gasteiger partial charge < -0.3 is 11.1 Å². The van der Waals surface area contributed by atoms with E-state index < -0.39 is 4.92 Å². The topological polar surface area (TPSA) is 98.3 Å². The van der Waals surface area contributed by atoms with Crippen LogP contribution in [0.25, 0.3) is 0 Å². The molecule has 0 aliphatic carbocycles. The molecule has 98 valence electrons. The number of aryl methyl sites for hydroxylation is 1. The Kier molecular flexibility index (Phi) is 5.60. The number of carbonyl (C=O) groups excluding carboxylic acids is 1. The quantitative estimate of drug-likeness (QED) is 0.463. The van der Waals surface area contributed by atoms with Crippen molar-refractivity contribution in [2.24, 2.45) is 5.73 Å². The molecule has 0 aliphatic heterocycles. The first-order valence-corrected chi connectivity index (χ1v) is 6.52. The van der Waals surface area contributed by atoms with Crippen LogP contribution in [0.1, 0.15) is 5.56 Å². The highest BCUT2D eigenvalue weighted by molar-refractivity contribution is 7.99. The van der Waals surface area contributed by atoms with E-state index in [9.17, 15) is 14.9 Å². The second-order valence-corrected chi connectivity index (χ2v) is 4.75. The third-order valence-corrected chi connectivity index (χ3v) is 3.18. The smallest absolute Gasteiger partial charge is 0.269 e. The summed E-state index contributed by atoms with van der Waals surface area (Å²) in [5, 5.41) is 13.3. The van der Waals surface area contributed by atoms with Gasteiger partial charge in [-0.2, -0.15) is 11.8 Å². The maximum atomic E-state index is 11.6. The predicted octanol–water partition coefficient (Wildman–Crippen LogP) is 1.53. The summed E-state index contributed by atoms with van der Waals surface area (Å²) < 4.78 is 0. The fourth-order valence-corrected chi connectivity index (χ4v) is 1.90. The lowest BCUT2D eigenvalue weighted by Gasteiger charge is -2.07. The SMILES string of the molecule is Cc1cc([N+](=O)[O-])ccc1NC(=O)CSCCN. The van der Waals surface area contributed by atoms with Crippen molar-refractivity contribution < 1.29 is 9.72 Å². The highest BCUT2D eigenvalue weighted by Gasteiger charge is 2.09. The van der Waals surface area contributed by atoms with E-state index in [1.165, 1.54) is 23.9 Å². The summed E-state index contributed by atoms with van der Waals surface area (Å²) >= 11 is 1.45. The Balaban J connectivity index is 2.62. The standard InChI is InChI=1S/C11H15N3O3S/c1-8-6-9(14(16)17)2-3-10(8)13-11(15)7-18-5-4-12/h2-3,6H,4-5,7,12H2,1H3,(H,13,15). The van der Waals surface area contributed by atoms with Gasteiger partial charge in [0.1, 0.15) is 0 Å². The first kappa shape index (κ1) is 14.5. The van der Waals surface area contributed by atoms with E-state index in [4.69, 9.17) is 5.73 Å². The second-order valence-electron chi connectivity index (χ2n) is 3.65. The van der Waals surface area contributed by atoms with Crippen LogP contribution in [0.2, 0.25) is 0 Å². The summed E-state index contributed by atoms with van der Waals surface area (Å²) in [6.45, 7) is 2.25. The van der Waals surface area contributed by atoms with Crippen LogP contribution in [0.3, 0.4) is 0 Å². The summed E-state index contributed by atoms with van der Waals surface area (Å²) in [6.07, 6.45) is 0. The van der Waals surface area contributed by atoms with Gasteiger partial charge in [0.15, 0.2) is 0 Å². The van der Waals surface area contributed by atoms with Crippen LogP contribution < -0.4 is 11.1 Å². The second kappa shape index (κ2) is 6.97. The summed E-state index contributed by atoms with van der Waals surface area (Å²) in [6, 6.07) is 4.34. The van der Waals surface area contributed by atoms with Crippen LogP contribution >= 0.6 is 11.8 Å². The molecule has 0 unspecified atom stereocenters. The molecule has 1 aromatic rings. The van der Waals surface area contributed by atoms with Crippen LogP contribution in [0.15, 0.2) is 18.2 Å². The molecule has 0 heterocycles. The van der Waals surface area contributed by atoms with Crippen molar-refractivity contribution in [3.05, 3.63) is 33.9 Å². The minimum absolute atomic E-state index is 0.0167. The maximum absolute atomic E-state index is 11.6. The van der Waals surface area contributed by atoms with Crippen molar-refractivity contribution >= 4 is 29.0 Å². The number of hydrogen-bond donors (Lipinski definition) is 2. The first-order valence-electron chi connectivity index (χ1n) is 5.37. The molecule has 7 heteroatoms. The molecule has 0 saturated carbocycles. The van der Waals surface area contributed by atoms with E-state index in [1.807, 2.05) is 0 Å². The molecule has 0 aromatic heterocycles. The number of thioether (sulfide) groups is 1. The predicted molar refractivity (Wildman–Crippen MR) is 72.8 cm³/mol. The van der Waals surface area contributed by atoms with E-state index >= 15 is 0 Å². The van der Waals surface area contributed by atoms with Crippen molar-refractivity contribution in [3.8, 4) is 0 Å². The number of nitro benzene ring substituents is 1. The van der Waals surface area contributed by atoms with Gasteiger partial charge >= 0.3 is 0 Å². The maximum Gasteiger partial charge on any atom is 0.269 e. The zero-order chi connectivity index (χ0) is 13.5. The Morgan fingerprint density at radius 2 is 2.28 bits per heavy atom. The molecular formula is C11H15N3O3S. The van der Waals surface area contributed by atoms with Crippen LogP contribution in [-0.2, 0) is 4.79 Å². The van der Waals surface area contributed by atoms with E-state index in [-0.39, 0.29) is 11.6 Å². The summed E-state index contributed by atoms with van der Waals surface area (Å²) in [7, 11) is 0. The molecule has 6 nitrogen and oxygen atoms in total. The van der Waals surface area contributed by atoms with Gasteiger partial charge in [0.2, 0.25) is 5.91 Å². The zero-order valence-electron chi connectivity index (χ0n) is 10.0. The molecule has 0 fully saturated rings. The minimum atomic E-state index is -0.463. The molecule has 0 atom stereocenters. The number of rotatable bonds is 6. The highest BCUT2D eigenvalue weighted by Crippen LogP contribution is 2.21. The summed E-state index contributed by atoms with van der Waals surface area (Å²) in [5.74, 6) is 0.922. The van der Waals surface area contributed by atoms with Gasteiger partial charge in [-0.3, -0.25) is 14.9 Å². The Hall–Kier alpha value is -1.60. The Labute approximate surface area is 109 Å². The normalized spacial score (nSPS) is 10.1. The lowest BCUT2D eigenvalue weighted by atomic mass is 10.2. The van der Waals surface area contributed by atoms with Gasteiger partial charge in [0, 0.05) is 30.1 Å². The van der Waals surface area contributed by atoms with Crippen LogP contribution in [-0.4, -0.2) is 28.9 Å². The third kappa shape index (κ3) is 4.34. The fourth-order valence-electron chi connectivity index (χ4n) is 1.34. The minimum Gasteiger partial charge on any atom is -0.330 e. The van der Waals surface area contributed by atoms with Gasteiger partial charge in [-0.15, -0.1) is 0 Å². The van der Waals surface area contributed by atoms with Crippen molar-refractivity contribution in [1.29, 1.82) is 0 Å². The molecule has 1 rings (SSSR count). The number of nitrogens with zero attached hydrogens (tertiary/aromatic N) is 1. The average molecular weight is 269 g/mol. The van der Waals surface area contributed by atoms with Gasteiger partial charge in [-0.1, -0.05) is 0 Å². The Bertz CT molecular complexity index is 451. The zero-order valence-corrected chi connectivity index (χ0v) is 10.8. The third-order valence-electron chi connectivity index (χ3n) is 2.19. The van der Waals surface area contributed by atoms with Crippen molar-refractivity contribution in [3.63, 3.8) is 0 Å². The number of nitrogens with one attached hydrogen (secondary N) is 1. The van der Waals surface area contributed by atoms with E-state index in [1.54, 1.807) is 13.0 Å². The molecule has 0 saturated heterocycles. The molecule has 1 aromatic carbocycles. The Morgan fingerprint density at radius 1 is 1.56 bits per heavy atom. The lowest BCUT2D eigenvalue weighted by molar-refractivity contribution is -0.384. The number of non-ortho nitro benzene ring substituents is 1. The summed E-state index contributed by atoms with van der Waals surface area (Å²) in [4.78, 5) is 21.7. The summed E-state index contributed by atoms with van der Waals surface area (Å²) in [5.41, 5.74) is 6.60. The number of amides is 1. The molecule has 18 heavy (non-hydrogen) atoms. The Morgan fingerprint density at radius 3 is 2.83 bits per heavy atom. The van der Waals surface area contributed by atoms with Crippen LogP contribution in [0, 0.1) is 17.0 Å². The van der Waals surface area contributed by atoms with Gasteiger partial charge in [0.05, 0.1) is 10.7 Å². The fraction of sp³-hybridized carbons (Fsp3) is 0.364. The molecule has 0 aliphatic rings. The number of nitrogens with two attached hydrogens (primary N) is 1. The van der Waals surface area contributed by atoms with E-state index in [0.29, 0.717) is 23.5 Å². The molecular weight excluding hydrogens is 254 g/mol. The molecule has 0 spiro atoms.